The molecule has 2 aromatic rings. The van der Waals surface area contributed by atoms with Gasteiger partial charge in [0.15, 0.2) is 6.10 Å². The molecule has 0 aliphatic carbocycles. The average Bonchev–Trinajstić information content (AvgIpc) is 3.11. The number of aromatic nitrogens is 2. The summed E-state index contributed by atoms with van der Waals surface area (Å²) >= 11 is 0. The Labute approximate surface area is 130 Å². The summed E-state index contributed by atoms with van der Waals surface area (Å²) in [6.07, 6.45) is 7.11. The van der Waals surface area contributed by atoms with E-state index in [-0.39, 0.29) is 5.91 Å². The summed E-state index contributed by atoms with van der Waals surface area (Å²) in [7, 11) is 1.59. The molecule has 0 spiro atoms. The van der Waals surface area contributed by atoms with E-state index in [0.29, 0.717) is 12.6 Å². The van der Waals surface area contributed by atoms with Gasteiger partial charge in [0.1, 0.15) is 0 Å². The minimum atomic E-state index is -0.525. The summed E-state index contributed by atoms with van der Waals surface area (Å²) in [5.74, 6) is 0.0403. The molecule has 1 aromatic heterocycles. The van der Waals surface area contributed by atoms with Gasteiger partial charge in [-0.1, -0.05) is 30.3 Å². The van der Waals surface area contributed by atoms with E-state index < -0.39 is 6.10 Å². The van der Waals surface area contributed by atoms with Gasteiger partial charge in [0.25, 0.3) is 5.91 Å². The van der Waals surface area contributed by atoms with Crippen LogP contribution < -0.4 is 0 Å². The predicted molar refractivity (Wildman–Crippen MR) is 83.3 cm³/mol. The lowest BCUT2D eigenvalue weighted by Gasteiger charge is -2.35. The van der Waals surface area contributed by atoms with Gasteiger partial charge in [0, 0.05) is 32.6 Å². The minimum Gasteiger partial charge on any atom is -0.367 e. The smallest absolute Gasteiger partial charge is 0.256 e. The van der Waals surface area contributed by atoms with Crippen LogP contribution in [0.2, 0.25) is 0 Å². The predicted octanol–water partition coefficient (Wildman–Crippen LogP) is 2.43. The number of likely N-dealkylation sites (tertiary alicyclic amines) is 1. The average molecular weight is 299 g/mol. The third-order valence-electron chi connectivity index (χ3n) is 4.22. The summed E-state index contributed by atoms with van der Waals surface area (Å²) in [5.41, 5.74) is 0.903. The zero-order valence-electron chi connectivity index (χ0n) is 12.8. The summed E-state index contributed by atoms with van der Waals surface area (Å²) in [6, 6.07) is 9.97. The fourth-order valence-corrected chi connectivity index (χ4v) is 3.06. The third kappa shape index (κ3) is 3.04. The molecule has 1 amide bonds. The van der Waals surface area contributed by atoms with Crippen LogP contribution in [0.5, 0.6) is 0 Å². The first-order valence-corrected chi connectivity index (χ1v) is 7.63. The number of amides is 1. The summed E-state index contributed by atoms with van der Waals surface area (Å²) in [4.78, 5) is 18.8. The molecule has 2 atom stereocenters. The molecule has 22 heavy (non-hydrogen) atoms. The molecule has 1 aromatic carbocycles. The number of carbonyl (C=O) groups is 1. The second-order valence-corrected chi connectivity index (χ2v) is 5.62. The number of hydrogen-bond acceptors (Lipinski definition) is 3. The Hall–Kier alpha value is -2.14. The molecule has 1 aliphatic rings. The summed E-state index contributed by atoms with van der Waals surface area (Å²) in [5, 5.41) is 0. The van der Waals surface area contributed by atoms with Gasteiger partial charge in [-0.3, -0.25) is 4.79 Å². The van der Waals surface area contributed by atoms with E-state index in [0.717, 1.165) is 24.9 Å². The molecule has 0 bridgehead atoms. The highest BCUT2D eigenvalue weighted by Gasteiger charge is 2.30. The van der Waals surface area contributed by atoms with Crippen LogP contribution in [0.4, 0.5) is 0 Å². The van der Waals surface area contributed by atoms with E-state index in [4.69, 9.17) is 4.74 Å². The van der Waals surface area contributed by atoms with Crippen molar-refractivity contribution in [2.24, 2.45) is 0 Å². The molecule has 2 heterocycles. The highest BCUT2D eigenvalue weighted by Crippen LogP contribution is 2.25. The lowest BCUT2D eigenvalue weighted by molar-refractivity contribution is -0.144. The van der Waals surface area contributed by atoms with E-state index in [2.05, 4.69) is 9.55 Å². The van der Waals surface area contributed by atoms with Gasteiger partial charge < -0.3 is 14.2 Å². The fourth-order valence-electron chi connectivity index (χ4n) is 3.06. The van der Waals surface area contributed by atoms with Crippen LogP contribution >= 0.6 is 0 Å². The number of ether oxygens (including phenoxy) is 1. The molecular formula is C17H21N3O2. The quantitative estimate of drug-likeness (QED) is 0.871. The lowest BCUT2D eigenvalue weighted by Crippen LogP contribution is -2.43. The van der Waals surface area contributed by atoms with Gasteiger partial charge >= 0.3 is 0 Å². The van der Waals surface area contributed by atoms with Crippen molar-refractivity contribution in [2.75, 3.05) is 20.2 Å². The number of imidazole rings is 1. The van der Waals surface area contributed by atoms with Crippen LogP contribution in [0.25, 0.3) is 0 Å². The second kappa shape index (κ2) is 6.75. The van der Waals surface area contributed by atoms with E-state index in [9.17, 15) is 4.79 Å². The first-order chi connectivity index (χ1) is 10.8. The first-order valence-electron chi connectivity index (χ1n) is 7.63. The van der Waals surface area contributed by atoms with Gasteiger partial charge in [-0.25, -0.2) is 4.98 Å². The van der Waals surface area contributed by atoms with Crippen LogP contribution in [0.15, 0.2) is 49.1 Å². The maximum atomic E-state index is 12.8. The molecule has 5 heteroatoms. The summed E-state index contributed by atoms with van der Waals surface area (Å²) < 4.78 is 7.55. The highest BCUT2D eigenvalue weighted by atomic mass is 16.5. The van der Waals surface area contributed by atoms with Gasteiger partial charge in [0.05, 0.1) is 12.4 Å². The fraction of sp³-hybridized carbons (Fsp3) is 0.412. The molecule has 1 aliphatic heterocycles. The number of hydrogen-bond donors (Lipinski definition) is 0. The van der Waals surface area contributed by atoms with Crippen LogP contribution in [-0.2, 0) is 9.53 Å². The van der Waals surface area contributed by atoms with E-state index in [1.165, 1.54) is 0 Å². The molecule has 5 nitrogen and oxygen atoms in total. The van der Waals surface area contributed by atoms with Crippen molar-refractivity contribution in [2.45, 2.75) is 25.0 Å². The molecule has 0 unspecified atom stereocenters. The maximum Gasteiger partial charge on any atom is 0.256 e. The van der Waals surface area contributed by atoms with Gasteiger partial charge in [-0.05, 0) is 18.4 Å². The maximum absolute atomic E-state index is 12.8. The van der Waals surface area contributed by atoms with Crippen LogP contribution in [0.1, 0.15) is 30.6 Å². The SMILES string of the molecule is CO[C@H](C(=O)N1CCC[C@@H](n2ccnc2)C1)c1ccccc1. The Kier molecular flexibility index (Phi) is 4.53. The summed E-state index contributed by atoms with van der Waals surface area (Å²) in [6.45, 7) is 1.50. The Bertz CT molecular complexity index is 598. The number of piperidine rings is 1. The molecule has 0 N–H and O–H groups in total. The monoisotopic (exact) mass is 299 g/mol. The van der Waals surface area contributed by atoms with Gasteiger partial charge in [-0.2, -0.15) is 0 Å². The lowest BCUT2D eigenvalue weighted by atomic mass is 10.0. The number of benzene rings is 1. The number of rotatable bonds is 4. The topological polar surface area (TPSA) is 47.4 Å². The van der Waals surface area contributed by atoms with Crippen molar-refractivity contribution < 1.29 is 9.53 Å². The minimum absolute atomic E-state index is 0.0403. The first kappa shape index (κ1) is 14.8. The molecule has 0 saturated carbocycles. The second-order valence-electron chi connectivity index (χ2n) is 5.62. The van der Waals surface area contributed by atoms with Crippen molar-refractivity contribution in [3.63, 3.8) is 0 Å². The van der Waals surface area contributed by atoms with Crippen molar-refractivity contribution in [3.8, 4) is 0 Å². The molecular weight excluding hydrogens is 278 g/mol. The molecule has 1 fully saturated rings. The van der Waals surface area contributed by atoms with Crippen LogP contribution in [0.3, 0.4) is 0 Å². The van der Waals surface area contributed by atoms with Crippen LogP contribution in [0, 0.1) is 0 Å². The van der Waals surface area contributed by atoms with Crippen LogP contribution in [-0.4, -0.2) is 40.6 Å². The number of nitrogens with zero attached hydrogens (tertiary/aromatic N) is 3. The van der Waals surface area contributed by atoms with Gasteiger partial charge in [0.2, 0.25) is 0 Å². The van der Waals surface area contributed by atoms with Crippen molar-refractivity contribution in [1.29, 1.82) is 0 Å². The molecule has 0 radical (unpaired) electrons. The standard InChI is InChI=1S/C17H21N3O2/c1-22-16(14-6-3-2-4-7-14)17(21)19-10-5-8-15(12-19)20-11-9-18-13-20/h2-4,6-7,9,11,13,15-16H,5,8,10,12H2,1H3/t15-,16+/m1/s1. The van der Waals surface area contributed by atoms with E-state index in [1.807, 2.05) is 47.8 Å². The molecule has 1 saturated heterocycles. The molecule has 3 rings (SSSR count). The van der Waals surface area contributed by atoms with Crippen molar-refractivity contribution >= 4 is 5.91 Å². The Balaban J connectivity index is 1.73. The van der Waals surface area contributed by atoms with E-state index in [1.54, 1.807) is 13.3 Å². The van der Waals surface area contributed by atoms with Crippen molar-refractivity contribution in [1.82, 2.24) is 14.5 Å². The largest absolute Gasteiger partial charge is 0.367 e. The normalized spacial score (nSPS) is 19.9. The number of carbonyl (C=O) groups excluding carboxylic acids is 1. The Morgan fingerprint density at radius 1 is 1.36 bits per heavy atom. The highest BCUT2D eigenvalue weighted by molar-refractivity contribution is 5.82. The van der Waals surface area contributed by atoms with Gasteiger partial charge in [-0.15, -0.1) is 0 Å². The molecule has 116 valence electrons. The Morgan fingerprint density at radius 2 is 2.18 bits per heavy atom. The number of methoxy groups -OCH3 is 1. The van der Waals surface area contributed by atoms with E-state index >= 15 is 0 Å². The zero-order valence-corrected chi connectivity index (χ0v) is 12.8. The zero-order chi connectivity index (χ0) is 15.4. The Morgan fingerprint density at radius 3 is 2.86 bits per heavy atom. The van der Waals surface area contributed by atoms with Crippen molar-refractivity contribution in [3.05, 3.63) is 54.6 Å². The third-order valence-corrected chi connectivity index (χ3v) is 4.22.